The summed E-state index contributed by atoms with van der Waals surface area (Å²) >= 11 is 0. The van der Waals surface area contributed by atoms with Gasteiger partial charge in [0.25, 0.3) is 0 Å². The number of nitrogens with one attached hydrogen (secondary N) is 2. The lowest BCUT2D eigenvalue weighted by Crippen LogP contribution is -2.30. The zero-order valence-electron chi connectivity index (χ0n) is 14.6. The van der Waals surface area contributed by atoms with Gasteiger partial charge in [0.15, 0.2) is 0 Å². The molecule has 3 aromatic carbocycles. The molecule has 0 radical (unpaired) electrons. The molecule has 0 fully saturated rings. The van der Waals surface area contributed by atoms with Crippen molar-refractivity contribution in [3.05, 3.63) is 83.7 Å². The van der Waals surface area contributed by atoms with E-state index >= 15 is 0 Å². The van der Waals surface area contributed by atoms with E-state index in [1.807, 2.05) is 12.1 Å². The van der Waals surface area contributed by atoms with Gasteiger partial charge < -0.3 is 10.6 Å². The Hall–Kier alpha value is -2.23. The van der Waals surface area contributed by atoms with Gasteiger partial charge in [-0.15, -0.1) is 0 Å². The molecular weight excluding hydrogens is 311 g/mol. The minimum absolute atomic E-state index is 0.119. The number of benzene rings is 3. The second-order valence-corrected chi connectivity index (χ2v) is 6.34. The topological polar surface area (TPSA) is 24.1 Å². The molecule has 3 aromatic rings. The smallest absolute Gasteiger partial charge is 0.126 e. The van der Waals surface area contributed by atoms with Crippen LogP contribution in [0.25, 0.3) is 10.8 Å². The van der Waals surface area contributed by atoms with Crippen molar-refractivity contribution in [3.8, 4) is 0 Å². The molecule has 3 rings (SSSR count). The Morgan fingerprint density at radius 3 is 2.48 bits per heavy atom. The van der Waals surface area contributed by atoms with E-state index in [0.29, 0.717) is 12.5 Å². The van der Waals surface area contributed by atoms with E-state index in [0.717, 1.165) is 25.2 Å². The Balaban J connectivity index is 1.43. The van der Waals surface area contributed by atoms with Crippen molar-refractivity contribution < 1.29 is 4.39 Å². The van der Waals surface area contributed by atoms with Crippen LogP contribution in [0.15, 0.2) is 66.7 Å². The van der Waals surface area contributed by atoms with Crippen molar-refractivity contribution in [2.45, 2.75) is 19.4 Å². The van der Waals surface area contributed by atoms with Gasteiger partial charge in [0, 0.05) is 19.1 Å². The van der Waals surface area contributed by atoms with Gasteiger partial charge in [0.1, 0.15) is 5.82 Å². The van der Waals surface area contributed by atoms with Crippen LogP contribution in [0, 0.1) is 5.82 Å². The fourth-order valence-electron chi connectivity index (χ4n) is 3.16. The van der Waals surface area contributed by atoms with Crippen LogP contribution in [-0.2, 0) is 6.42 Å². The molecule has 2 nitrogen and oxygen atoms in total. The van der Waals surface area contributed by atoms with Crippen molar-refractivity contribution in [3.63, 3.8) is 0 Å². The Morgan fingerprint density at radius 2 is 1.60 bits per heavy atom. The normalized spacial score (nSPS) is 12.4. The van der Waals surface area contributed by atoms with Crippen molar-refractivity contribution in [2.24, 2.45) is 0 Å². The highest BCUT2D eigenvalue weighted by molar-refractivity contribution is 5.86. The molecule has 0 saturated heterocycles. The van der Waals surface area contributed by atoms with Crippen molar-refractivity contribution in [1.82, 2.24) is 10.6 Å². The maximum absolute atomic E-state index is 13.5. The molecule has 2 N–H and O–H groups in total. The molecule has 3 heteroatoms. The first-order valence-corrected chi connectivity index (χ1v) is 8.91. The van der Waals surface area contributed by atoms with Gasteiger partial charge in [0.2, 0.25) is 0 Å². The highest BCUT2D eigenvalue weighted by atomic mass is 19.1. The van der Waals surface area contributed by atoms with E-state index in [1.54, 1.807) is 6.07 Å². The minimum atomic E-state index is -0.119. The van der Waals surface area contributed by atoms with Crippen LogP contribution in [0.2, 0.25) is 0 Å². The lowest BCUT2D eigenvalue weighted by atomic mass is 10.00. The maximum Gasteiger partial charge on any atom is 0.126 e. The van der Waals surface area contributed by atoms with Crippen LogP contribution in [-0.4, -0.2) is 19.6 Å². The number of rotatable bonds is 8. The van der Waals surface area contributed by atoms with E-state index in [2.05, 4.69) is 60.0 Å². The van der Waals surface area contributed by atoms with Crippen LogP contribution in [0.1, 0.15) is 24.1 Å². The predicted octanol–water partition coefficient (Wildman–Crippen LogP) is 4.46. The van der Waals surface area contributed by atoms with E-state index in [4.69, 9.17) is 0 Å². The standard InChI is InChI=1S/C22H25FN2/c1-17(20-11-6-9-18-7-2-4-10-21(18)20)25-16-15-24-14-13-19-8-3-5-12-22(19)23/h2-12,17,24-25H,13-16H2,1H3/t17-/m1/s1. The Labute approximate surface area is 149 Å². The predicted molar refractivity (Wildman–Crippen MR) is 103 cm³/mol. The van der Waals surface area contributed by atoms with Crippen LogP contribution >= 0.6 is 0 Å². The molecule has 0 aliphatic rings. The van der Waals surface area contributed by atoms with Gasteiger partial charge in [-0.2, -0.15) is 0 Å². The molecule has 0 unspecified atom stereocenters. The van der Waals surface area contributed by atoms with E-state index < -0.39 is 0 Å². The molecule has 25 heavy (non-hydrogen) atoms. The minimum Gasteiger partial charge on any atom is -0.315 e. The van der Waals surface area contributed by atoms with Crippen LogP contribution in [0.5, 0.6) is 0 Å². The van der Waals surface area contributed by atoms with E-state index in [1.165, 1.54) is 22.4 Å². The fourth-order valence-corrected chi connectivity index (χ4v) is 3.16. The van der Waals surface area contributed by atoms with Gasteiger partial charge in [-0.25, -0.2) is 4.39 Å². The third-order valence-electron chi connectivity index (χ3n) is 4.57. The fraction of sp³-hybridized carbons (Fsp3) is 0.273. The lowest BCUT2D eigenvalue weighted by Gasteiger charge is -2.17. The highest BCUT2D eigenvalue weighted by Gasteiger charge is 2.08. The van der Waals surface area contributed by atoms with Gasteiger partial charge in [-0.05, 0) is 47.9 Å². The molecule has 0 heterocycles. The summed E-state index contributed by atoms with van der Waals surface area (Å²) in [6, 6.07) is 22.2. The molecule has 1 atom stereocenters. The summed E-state index contributed by atoms with van der Waals surface area (Å²) in [5.74, 6) is -0.119. The van der Waals surface area contributed by atoms with Gasteiger partial charge in [-0.3, -0.25) is 0 Å². The molecule has 130 valence electrons. The van der Waals surface area contributed by atoms with Crippen LogP contribution in [0.4, 0.5) is 4.39 Å². The molecule has 0 spiro atoms. The first-order chi connectivity index (χ1) is 12.3. The van der Waals surface area contributed by atoms with Crippen molar-refractivity contribution in [1.29, 1.82) is 0 Å². The van der Waals surface area contributed by atoms with Crippen molar-refractivity contribution >= 4 is 10.8 Å². The van der Waals surface area contributed by atoms with E-state index in [-0.39, 0.29) is 5.82 Å². The Kier molecular flexibility index (Phi) is 6.15. The molecule has 0 saturated carbocycles. The van der Waals surface area contributed by atoms with E-state index in [9.17, 15) is 4.39 Å². The number of hydrogen-bond donors (Lipinski definition) is 2. The summed E-state index contributed by atoms with van der Waals surface area (Å²) in [6.45, 7) is 4.72. The number of hydrogen-bond acceptors (Lipinski definition) is 2. The van der Waals surface area contributed by atoms with Crippen LogP contribution < -0.4 is 10.6 Å². The summed E-state index contributed by atoms with van der Waals surface area (Å²) in [5.41, 5.74) is 2.09. The molecule has 0 aliphatic carbocycles. The summed E-state index contributed by atoms with van der Waals surface area (Å²) in [6.07, 6.45) is 0.714. The third kappa shape index (κ3) is 4.65. The zero-order chi connectivity index (χ0) is 17.5. The lowest BCUT2D eigenvalue weighted by molar-refractivity contribution is 0.545. The third-order valence-corrected chi connectivity index (χ3v) is 4.57. The summed E-state index contributed by atoms with van der Waals surface area (Å²) in [5, 5.41) is 9.52. The molecule has 0 amide bonds. The molecule has 0 aliphatic heterocycles. The SMILES string of the molecule is C[C@@H](NCCNCCc1ccccc1F)c1cccc2ccccc12. The zero-order valence-corrected chi connectivity index (χ0v) is 14.6. The molecular formula is C22H25FN2. The first-order valence-electron chi connectivity index (χ1n) is 8.91. The van der Waals surface area contributed by atoms with Gasteiger partial charge in [0.05, 0.1) is 0 Å². The second-order valence-electron chi connectivity index (χ2n) is 6.34. The van der Waals surface area contributed by atoms with Gasteiger partial charge >= 0.3 is 0 Å². The Bertz CT molecular complexity index is 810. The molecule has 0 aromatic heterocycles. The van der Waals surface area contributed by atoms with Gasteiger partial charge in [-0.1, -0.05) is 60.7 Å². The number of halogens is 1. The largest absolute Gasteiger partial charge is 0.315 e. The average Bonchev–Trinajstić information content (AvgIpc) is 2.65. The second kappa shape index (κ2) is 8.75. The highest BCUT2D eigenvalue weighted by Crippen LogP contribution is 2.23. The summed E-state index contributed by atoms with van der Waals surface area (Å²) in [4.78, 5) is 0. The Morgan fingerprint density at radius 1 is 0.840 bits per heavy atom. The number of fused-ring (bicyclic) bond motifs is 1. The summed E-state index contributed by atoms with van der Waals surface area (Å²) < 4.78 is 13.5. The average molecular weight is 336 g/mol. The monoisotopic (exact) mass is 336 g/mol. The molecule has 0 bridgehead atoms. The first kappa shape index (κ1) is 17.6. The maximum atomic E-state index is 13.5. The van der Waals surface area contributed by atoms with Crippen LogP contribution in [0.3, 0.4) is 0 Å². The quantitative estimate of drug-likeness (QED) is 0.593. The summed E-state index contributed by atoms with van der Waals surface area (Å²) in [7, 11) is 0. The van der Waals surface area contributed by atoms with Crippen molar-refractivity contribution in [2.75, 3.05) is 19.6 Å².